The van der Waals surface area contributed by atoms with Crippen LogP contribution in [0.5, 0.6) is 11.5 Å². The van der Waals surface area contributed by atoms with Gasteiger partial charge in [-0.05, 0) is 90.9 Å². The smallest absolute Gasteiger partial charge is 0.389 e. The number of benzene rings is 4. The average Bonchev–Trinajstić information content (AvgIpc) is 2.88. The molecule has 3 aliphatic rings. The summed E-state index contributed by atoms with van der Waals surface area (Å²) in [6.45, 7) is 2.73. The lowest BCUT2D eigenvalue weighted by Gasteiger charge is -2.34. The summed E-state index contributed by atoms with van der Waals surface area (Å²) in [5.74, 6) is -9.18. The number of aliphatic hydroxyl groups is 8. The third kappa shape index (κ3) is 16.2. The van der Waals surface area contributed by atoms with E-state index in [0.29, 0.717) is 11.3 Å². The first-order chi connectivity index (χ1) is 40.1. The molecule has 0 radical (unpaired) electrons. The molecule has 7 rings (SSSR count). The molecule has 4 aromatic carbocycles. The summed E-state index contributed by atoms with van der Waals surface area (Å²) in [7, 11) is 0. The molecule has 0 unspecified atom stereocenters. The van der Waals surface area contributed by atoms with Crippen molar-refractivity contribution in [2.45, 2.75) is 144 Å². The molecule has 3 saturated heterocycles. The zero-order valence-corrected chi connectivity index (χ0v) is 46.4. The van der Waals surface area contributed by atoms with Crippen LogP contribution in [0.4, 0.5) is 13.2 Å². The van der Waals surface area contributed by atoms with Crippen molar-refractivity contribution in [2.24, 2.45) is 5.92 Å². The summed E-state index contributed by atoms with van der Waals surface area (Å²) in [5, 5.41) is 111. The number of amides is 7. The van der Waals surface area contributed by atoms with E-state index in [1.807, 2.05) is 24.3 Å². The summed E-state index contributed by atoms with van der Waals surface area (Å²) in [4.78, 5) is 102. The van der Waals surface area contributed by atoms with Crippen LogP contribution < -0.4 is 31.3 Å². The number of hydrogen-bond donors (Lipinski definition) is 14. The summed E-state index contributed by atoms with van der Waals surface area (Å²) in [6, 6.07) is 13.2. The van der Waals surface area contributed by atoms with Crippen LogP contribution in [-0.4, -0.2) is 202 Å². The normalized spacial score (nSPS) is 27.2. The lowest BCUT2D eigenvalue weighted by Crippen LogP contribution is -2.64. The van der Waals surface area contributed by atoms with E-state index in [4.69, 9.17) is 4.74 Å². The molecule has 0 aromatic heterocycles. The number of aliphatic hydroxyl groups excluding tert-OH is 8. The van der Waals surface area contributed by atoms with Crippen LogP contribution in [0.15, 0.2) is 97.1 Å². The number of fused-ring (bicyclic) bond motifs is 2. The molecule has 3 fully saturated rings. The second kappa shape index (κ2) is 28.0. The molecule has 3 heterocycles. The Bertz CT molecular complexity index is 2990. The van der Waals surface area contributed by atoms with E-state index in [1.54, 1.807) is 36.4 Å². The van der Waals surface area contributed by atoms with Gasteiger partial charge in [0.25, 0.3) is 5.91 Å². The quantitative estimate of drug-likeness (QED) is 0.0716. The van der Waals surface area contributed by atoms with Gasteiger partial charge >= 0.3 is 6.18 Å². The van der Waals surface area contributed by atoms with Crippen molar-refractivity contribution in [2.75, 3.05) is 19.7 Å². The molecule has 7 amide bonds. The third-order valence-corrected chi connectivity index (χ3v) is 15.1. The number of nitrogens with zero attached hydrogens (tertiary/aromatic N) is 2. The molecule has 0 saturated carbocycles. The maximum Gasteiger partial charge on any atom is 0.389 e. The molecule has 4 aromatic rings. The Hall–Kier alpha value is -7.76. The summed E-state index contributed by atoms with van der Waals surface area (Å²) in [6.07, 6.45) is -21.9. The van der Waals surface area contributed by atoms with Crippen LogP contribution in [0.25, 0.3) is 22.3 Å². The van der Waals surface area contributed by atoms with E-state index in [-0.39, 0.29) is 36.3 Å². The van der Waals surface area contributed by atoms with Crippen LogP contribution in [0.3, 0.4) is 0 Å². The standard InChI is InChI=1S/C58H70F3N7O17/c1-28-26-68-46(47(28)74)55(82)66-53(80)42(73)25-40(62-50(77)36-12-10-33(11-13-36)31-6-8-32(9-7-31)34-16-20-39(21-17-34)85-23-5-4-22-58(59,60)61)51(78)63-43(29(2)69)56(83)67-27-38(72)24-41(67)52(79)65-45(54(81)64-44(30(3)70)57(68)84)49(76)48(75)35-14-18-37(71)19-15-35/h6-21,28-30,38,40-49,53,69-76,80H,4-5,22-27H2,1-3H3,(H,62,77)(H,63,78)(H,64,81)(H,65,79)(H,66,82)/t28-,29+,30+,38+,40-,41-,42+,43-,44-,45-,46-,47-,48-,49-,53+/m0/s1. The Morgan fingerprint density at radius 3 is 1.72 bits per heavy atom. The first-order valence-electron chi connectivity index (χ1n) is 27.5. The van der Waals surface area contributed by atoms with Crippen molar-refractivity contribution in [1.82, 2.24) is 36.4 Å². The van der Waals surface area contributed by atoms with Gasteiger partial charge in [-0.1, -0.05) is 67.6 Å². The highest BCUT2D eigenvalue weighted by Crippen LogP contribution is 2.30. The Kier molecular flexibility index (Phi) is 21.3. The number of aromatic hydroxyl groups is 1. The minimum absolute atomic E-state index is 0.0406. The number of halogens is 3. The summed E-state index contributed by atoms with van der Waals surface area (Å²) < 4.78 is 43.0. The lowest BCUT2D eigenvalue weighted by molar-refractivity contribution is -0.148. The lowest BCUT2D eigenvalue weighted by atomic mass is 9.96. The molecule has 0 aliphatic carbocycles. The van der Waals surface area contributed by atoms with Crippen molar-refractivity contribution in [3.63, 3.8) is 0 Å². The number of nitrogens with one attached hydrogen (secondary N) is 5. The molecule has 27 heteroatoms. The number of phenols is 1. The fraction of sp³-hybridized carbons (Fsp3) is 0.466. The number of rotatable bonds is 14. The molecule has 3 aliphatic heterocycles. The van der Waals surface area contributed by atoms with Gasteiger partial charge in [-0.15, -0.1) is 0 Å². The Morgan fingerprint density at radius 1 is 0.647 bits per heavy atom. The zero-order valence-electron chi connectivity index (χ0n) is 46.4. The number of carbonyl (C=O) groups is 7. The third-order valence-electron chi connectivity index (χ3n) is 15.1. The van der Waals surface area contributed by atoms with E-state index in [1.165, 1.54) is 31.2 Å². The highest BCUT2D eigenvalue weighted by atomic mass is 19.4. The van der Waals surface area contributed by atoms with E-state index in [0.717, 1.165) is 52.5 Å². The maximum absolute atomic E-state index is 14.5. The molecule has 0 bridgehead atoms. The van der Waals surface area contributed by atoms with Gasteiger partial charge in [-0.3, -0.25) is 33.6 Å². The van der Waals surface area contributed by atoms with Crippen molar-refractivity contribution in [3.8, 4) is 33.8 Å². The molecular formula is C58H70F3N7O17. The van der Waals surface area contributed by atoms with Crippen LogP contribution in [-0.2, 0) is 28.8 Å². The van der Waals surface area contributed by atoms with Gasteiger partial charge in [0.1, 0.15) is 66.1 Å². The van der Waals surface area contributed by atoms with Gasteiger partial charge in [-0.25, -0.2) is 0 Å². The van der Waals surface area contributed by atoms with E-state index in [2.05, 4.69) is 26.6 Å². The highest BCUT2D eigenvalue weighted by molar-refractivity contribution is 6.00. The van der Waals surface area contributed by atoms with E-state index >= 15 is 0 Å². The van der Waals surface area contributed by atoms with Gasteiger partial charge in [0.2, 0.25) is 35.4 Å². The molecule has 14 N–H and O–H groups in total. The molecule has 0 spiro atoms. The highest BCUT2D eigenvalue weighted by Gasteiger charge is 2.50. The van der Waals surface area contributed by atoms with Crippen molar-refractivity contribution < 1.29 is 97.4 Å². The second-order valence-electron chi connectivity index (χ2n) is 21.6. The molecule has 24 nitrogen and oxygen atoms in total. The Balaban J connectivity index is 1.15. The minimum atomic E-state index is -4.22. The van der Waals surface area contributed by atoms with Crippen molar-refractivity contribution in [1.29, 1.82) is 0 Å². The first kappa shape index (κ1) is 64.8. The fourth-order valence-corrected chi connectivity index (χ4v) is 10.3. The van der Waals surface area contributed by atoms with Gasteiger partial charge in [0.05, 0.1) is 31.0 Å². The second-order valence-corrected chi connectivity index (χ2v) is 21.6. The van der Waals surface area contributed by atoms with E-state index < -0.39 is 171 Å². The van der Waals surface area contributed by atoms with Crippen LogP contribution in [0.1, 0.15) is 74.9 Å². The Labute approximate surface area is 485 Å². The number of alkyl halides is 3. The van der Waals surface area contributed by atoms with Gasteiger partial charge < -0.3 is 87.1 Å². The van der Waals surface area contributed by atoms with Crippen molar-refractivity contribution in [3.05, 3.63) is 108 Å². The van der Waals surface area contributed by atoms with Crippen LogP contribution in [0, 0.1) is 5.92 Å². The van der Waals surface area contributed by atoms with Crippen LogP contribution in [0.2, 0.25) is 0 Å². The average molecular weight is 1190 g/mol. The number of carbonyl (C=O) groups excluding carboxylic acids is 7. The van der Waals surface area contributed by atoms with Crippen molar-refractivity contribution >= 4 is 41.4 Å². The molecule has 85 heavy (non-hydrogen) atoms. The number of phenolic OH excluding ortho intramolecular Hbond substituents is 1. The SMILES string of the molecule is C[C@@H](O)[C@@H]1NC(=O)[C@H]([C@H](O)[C@@H](O)c2ccc(O)cc2)NC(=O)[C@@H]2C[C@@H](O)CN2C(=O)[C@H]([C@@H](C)O)NC(=O)[C@@H](NC(=O)c2ccc(-c3ccc(-c4ccc(OCCCCC(F)(F)F)cc4)cc3)cc2)C[C@@H](O)[C@@H](O)NC(=O)[C@@H]2[C@@H](O)[C@@H](C)CN2C1=O. The summed E-state index contributed by atoms with van der Waals surface area (Å²) in [5.41, 5.74) is 2.88. The first-order valence-corrected chi connectivity index (χ1v) is 27.5. The van der Waals surface area contributed by atoms with E-state index in [9.17, 15) is 92.7 Å². The van der Waals surface area contributed by atoms with Gasteiger partial charge in [0.15, 0.2) is 6.23 Å². The minimum Gasteiger partial charge on any atom is -0.508 e. The fourth-order valence-electron chi connectivity index (χ4n) is 10.3. The van der Waals surface area contributed by atoms with Gasteiger partial charge in [0, 0.05) is 43.8 Å². The monoisotopic (exact) mass is 1190 g/mol. The molecule has 15 atom stereocenters. The van der Waals surface area contributed by atoms with Gasteiger partial charge in [-0.2, -0.15) is 13.2 Å². The molecular weight excluding hydrogens is 1120 g/mol. The largest absolute Gasteiger partial charge is 0.508 e. The predicted molar refractivity (Wildman–Crippen MR) is 294 cm³/mol. The number of hydrogen-bond acceptors (Lipinski definition) is 17. The number of ether oxygens (including phenoxy) is 1. The zero-order chi connectivity index (χ0) is 62.2. The topological polar surface area (TPSA) is 377 Å². The maximum atomic E-state index is 14.5. The number of unbranched alkanes of at least 4 members (excludes halogenated alkanes) is 1. The summed E-state index contributed by atoms with van der Waals surface area (Å²) >= 11 is 0. The predicted octanol–water partition coefficient (Wildman–Crippen LogP) is -0.385. The van der Waals surface area contributed by atoms with Crippen LogP contribution >= 0.6 is 0 Å². The molecule has 460 valence electrons. The Morgan fingerprint density at radius 2 is 1.16 bits per heavy atom.